The molecular formula is C26H26N2O6. The lowest BCUT2D eigenvalue weighted by atomic mass is 10.1. The number of ketones is 1. The molecule has 2 aromatic carbocycles. The van der Waals surface area contributed by atoms with Crippen molar-refractivity contribution in [2.75, 3.05) is 19.8 Å². The molecule has 0 bridgehead atoms. The molecule has 1 aliphatic rings. The molecule has 1 aliphatic heterocycles. The van der Waals surface area contributed by atoms with Gasteiger partial charge in [0.2, 0.25) is 5.78 Å². The number of rotatable bonds is 8. The van der Waals surface area contributed by atoms with Gasteiger partial charge in [0.25, 0.3) is 5.91 Å². The van der Waals surface area contributed by atoms with Gasteiger partial charge in [-0.1, -0.05) is 30.3 Å². The Labute approximate surface area is 197 Å². The van der Waals surface area contributed by atoms with Crippen LogP contribution >= 0.6 is 0 Å². The number of para-hydroxylation sites is 2. The zero-order valence-corrected chi connectivity index (χ0v) is 19.1. The van der Waals surface area contributed by atoms with Gasteiger partial charge in [0.15, 0.2) is 24.2 Å². The minimum Gasteiger partial charge on any atom is -0.486 e. The standard InChI is InChI=1S/C26H26N2O6/c1-17-12-21(18(2)28(17)14-20-15-32-23-10-6-7-11-24(23)34-20)22(29)16-33-25(30)13-27-26(31)19-8-4-3-5-9-19/h3-12,20H,13-16H2,1-2H3,(H,27,31)/t20-/m1/s1. The van der Waals surface area contributed by atoms with Gasteiger partial charge in [0.05, 0.1) is 6.54 Å². The summed E-state index contributed by atoms with van der Waals surface area (Å²) in [7, 11) is 0. The summed E-state index contributed by atoms with van der Waals surface area (Å²) in [6.45, 7) is 3.96. The van der Waals surface area contributed by atoms with E-state index in [4.69, 9.17) is 14.2 Å². The van der Waals surface area contributed by atoms with Crippen LogP contribution in [0.3, 0.4) is 0 Å². The Balaban J connectivity index is 1.30. The van der Waals surface area contributed by atoms with Crippen LogP contribution in [0.4, 0.5) is 0 Å². The van der Waals surface area contributed by atoms with Crippen LogP contribution < -0.4 is 14.8 Å². The van der Waals surface area contributed by atoms with E-state index >= 15 is 0 Å². The van der Waals surface area contributed by atoms with E-state index in [0.717, 1.165) is 17.1 Å². The summed E-state index contributed by atoms with van der Waals surface area (Å²) >= 11 is 0. The van der Waals surface area contributed by atoms with E-state index in [1.165, 1.54) is 0 Å². The number of amides is 1. The largest absolute Gasteiger partial charge is 0.486 e. The zero-order valence-electron chi connectivity index (χ0n) is 19.1. The van der Waals surface area contributed by atoms with Gasteiger partial charge in [0.1, 0.15) is 13.2 Å². The highest BCUT2D eigenvalue weighted by atomic mass is 16.6. The van der Waals surface area contributed by atoms with E-state index in [-0.39, 0.29) is 24.3 Å². The third-order valence-corrected chi connectivity index (χ3v) is 5.62. The van der Waals surface area contributed by atoms with Crippen molar-refractivity contribution in [3.05, 3.63) is 83.2 Å². The molecule has 176 valence electrons. The molecule has 1 N–H and O–H groups in total. The number of hydrogen-bond donors (Lipinski definition) is 1. The van der Waals surface area contributed by atoms with Crippen LogP contribution in [0.1, 0.15) is 32.1 Å². The Morgan fingerprint density at radius 2 is 1.74 bits per heavy atom. The number of nitrogens with one attached hydrogen (secondary N) is 1. The lowest BCUT2D eigenvalue weighted by molar-refractivity contribution is -0.141. The summed E-state index contributed by atoms with van der Waals surface area (Å²) in [5.74, 6) is 0.0381. The molecular weight excluding hydrogens is 436 g/mol. The molecule has 1 aromatic heterocycles. The van der Waals surface area contributed by atoms with Gasteiger partial charge in [-0.15, -0.1) is 0 Å². The smallest absolute Gasteiger partial charge is 0.325 e. The number of ether oxygens (including phenoxy) is 3. The van der Waals surface area contributed by atoms with E-state index in [0.29, 0.717) is 30.0 Å². The molecule has 0 fully saturated rings. The van der Waals surface area contributed by atoms with E-state index in [1.807, 2.05) is 42.7 Å². The SMILES string of the molecule is Cc1cc(C(=O)COC(=O)CNC(=O)c2ccccc2)c(C)n1C[C@@H]1COc2ccccc2O1. The summed E-state index contributed by atoms with van der Waals surface area (Å²) in [5, 5.41) is 2.48. The van der Waals surface area contributed by atoms with Crippen LogP contribution in [0.5, 0.6) is 11.5 Å². The molecule has 0 saturated heterocycles. The normalized spacial score (nSPS) is 14.4. The maximum absolute atomic E-state index is 12.7. The third kappa shape index (κ3) is 5.28. The average molecular weight is 463 g/mol. The second-order valence-corrected chi connectivity index (χ2v) is 8.03. The van der Waals surface area contributed by atoms with Gasteiger partial charge in [-0.2, -0.15) is 0 Å². The second kappa shape index (κ2) is 10.2. The molecule has 0 unspecified atom stereocenters. The first-order chi connectivity index (χ1) is 16.4. The maximum Gasteiger partial charge on any atom is 0.325 e. The number of fused-ring (bicyclic) bond motifs is 1. The Kier molecular flexibility index (Phi) is 6.96. The van der Waals surface area contributed by atoms with Crippen LogP contribution in [0, 0.1) is 13.8 Å². The Bertz CT molecular complexity index is 1200. The average Bonchev–Trinajstić information content (AvgIpc) is 3.14. The lowest BCUT2D eigenvalue weighted by Gasteiger charge is -2.27. The molecule has 2 heterocycles. The van der Waals surface area contributed by atoms with Crippen molar-refractivity contribution < 1.29 is 28.6 Å². The topological polar surface area (TPSA) is 95.9 Å². The predicted octanol–water partition coefficient (Wildman–Crippen LogP) is 3.10. The van der Waals surface area contributed by atoms with Gasteiger partial charge < -0.3 is 24.1 Å². The number of carbonyl (C=O) groups excluding carboxylic acids is 3. The van der Waals surface area contributed by atoms with E-state index in [2.05, 4.69) is 5.32 Å². The Hall–Kier alpha value is -4.07. The van der Waals surface area contributed by atoms with Crippen LogP contribution in [-0.4, -0.2) is 48.1 Å². The van der Waals surface area contributed by atoms with Crippen molar-refractivity contribution in [3.8, 4) is 11.5 Å². The Morgan fingerprint density at radius 3 is 2.50 bits per heavy atom. The van der Waals surface area contributed by atoms with Crippen LogP contribution in [-0.2, 0) is 16.1 Å². The zero-order chi connectivity index (χ0) is 24.1. The molecule has 0 saturated carbocycles. The number of aryl methyl sites for hydroxylation is 1. The number of Topliss-reactive ketones (excluding diaryl/α,β-unsaturated/α-hetero) is 1. The van der Waals surface area contributed by atoms with Gasteiger partial charge in [-0.05, 0) is 44.2 Å². The summed E-state index contributed by atoms with van der Waals surface area (Å²) in [5.41, 5.74) is 2.58. The fourth-order valence-electron chi connectivity index (χ4n) is 3.84. The number of esters is 1. The van der Waals surface area contributed by atoms with Crippen molar-refractivity contribution >= 4 is 17.7 Å². The first-order valence-electron chi connectivity index (χ1n) is 11.0. The summed E-state index contributed by atoms with van der Waals surface area (Å²) in [6.07, 6.45) is -0.200. The molecule has 0 aliphatic carbocycles. The molecule has 1 amide bonds. The molecule has 34 heavy (non-hydrogen) atoms. The molecule has 8 nitrogen and oxygen atoms in total. The first-order valence-corrected chi connectivity index (χ1v) is 11.0. The minimum absolute atomic E-state index is 0.200. The van der Waals surface area contributed by atoms with Crippen molar-refractivity contribution in [2.45, 2.75) is 26.5 Å². The highest BCUT2D eigenvalue weighted by Gasteiger charge is 2.24. The van der Waals surface area contributed by atoms with Gasteiger partial charge in [-0.25, -0.2) is 0 Å². The number of hydrogen-bond acceptors (Lipinski definition) is 6. The van der Waals surface area contributed by atoms with Crippen molar-refractivity contribution in [2.24, 2.45) is 0 Å². The fraction of sp³-hybridized carbons (Fsp3) is 0.269. The lowest BCUT2D eigenvalue weighted by Crippen LogP contribution is -2.33. The highest BCUT2D eigenvalue weighted by molar-refractivity contribution is 6.00. The van der Waals surface area contributed by atoms with Gasteiger partial charge >= 0.3 is 5.97 Å². The first kappa shape index (κ1) is 23.1. The quantitative estimate of drug-likeness (QED) is 0.408. The van der Waals surface area contributed by atoms with Crippen molar-refractivity contribution in [3.63, 3.8) is 0 Å². The summed E-state index contributed by atoms with van der Waals surface area (Å²) < 4.78 is 18.9. The summed E-state index contributed by atoms with van der Waals surface area (Å²) in [4.78, 5) is 36.7. The number of benzene rings is 2. The third-order valence-electron chi connectivity index (χ3n) is 5.62. The number of carbonyl (C=O) groups is 3. The van der Waals surface area contributed by atoms with E-state index in [9.17, 15) is 14.4 Å². The fourth-order valence-corrected chi connectivity index (χ4v) is 3.84. The molecule has 3 aromatic rings. The highest BCUT2D eigenvalue weighted by Crippen LogP contribution is 2.31. The number of aromatic nitrogens is 1. The van der Waals surface area contributed by atoms with Crippen molar-refractivity contribution in [1.29, 1.82) is 0 Å². The molecule has 8 heteroatoms. The second-order valence-electron chi connectivity index (χ2n) is 8.03. The molecule has 4 rings (SSSR count). The van der Waals surface area contributed by atoms with Crippen molar-refractivity contribution in [1.82, 2.24) is 9.88 Å². The van der Waals surface area contributed by atoms with Gasteiger partial charge in [-0.3, -0.25) is 14.4 Å². The van der Waals surface area contributed by atoms with Crippen LogP contribution in [0.25, 0.3) is 0 Å². The molecule has 0 spiro atoms. The van der Waals surface area contributed by atoms with Crippen LogP contribution in [0.2, 0.25) is 0 Å². The maximum atomic E-state index is 12.7. The van der Waals surface area contributed by atoms with Crippen LogP contribution in [0.15, 0.2) is 60.7 Å². The summed E-state index contributed by atoms with van der Waals surface area (Å²) in [6, 6.07) is 17.8. The van der Waals surface area contributed by atoms with E-state index in [1.54, 1.807) is 36.4 Å². The minimum atomic E-state index is -0.683. The van der Waals surface area contributed by atoms with Gasteiger partial charge in [0, 0.05) is 22.5 Å². The monoisotopic (exact) mass is 462 g/mol. The van der Waals surface area contributed by atoms with E-state index < -0.39 is 12.6 Å². The number of nitrogens with zero attached hydrogens (tertiary/aromatic N) is 1. The molecule has 0 radical (unpaired) electrons. The Morgan fingerprint density at radius 1 is 1.03 bits per heavy atom. The molecule has 1 atom stereocenters. The predicted molar refractivity (Wildman–Crippen MR) is 124 cm³/mol.